The van der Waals surface area contributed by atoms with Crippen LogP contribution >= 0.6 is 11.8 Å². The molecule has 1 fully saturated rings. The van der Waals surface area contributed by atoms with E-state index in [9.17, 15) is 4.79 Å². The maximum Gasteiger partial charge on any atom is 0.317 e. The van der Waals surface area contributed by atoms with Crippen LogP contribution in [0.15, 0.2) is 11.2 Å². The van der Waals surface area contributed by atoms with Crippen molar-refractivity contribution in [2.75, 3.05) is 25.4 Å². The molecule has 0 aliphatic carbocycles. The number of hydrogen-bond donors (Lipinski definition) is 3. The lowest BCUT2D eigenvalue weighted by Gasteiger charge is -2.31. The molecule has 0 bridgehead atoms. The monoisotopic (exact) mass is 336 g/mol. The molecule has 3 rings (SSSR count). The smallest absolute Gasteiger partial charge is 0.317 e. The highest BCUT2D eigenvalue weighted by molar-refractivity contribution is 7.99. The number of urea groups is 1. The molecule has 1 saturated heterocycles. The molecule has 23 heavy (non-hydrogen) atoms. The Morgan fingerprint density at radius 3 is 3.17 bits per heavy atom. The topological polar surface area (TPSA) is 115 Å². The number of H-pyrrole nitrogens is 2. The molecule has 0 aromatic carbocycles. The van der Waals surface area contributed by atoms with E-state index in [1.54, 1.807) is 18.0 Å². The van der Waals surface area contributed by atoms with E-state index in [1.165, 1.54) is 0 Å². The van der Waals surface area contributed by atoms with Gasteiger partial charge >= 0.3 is 6.03 Å². The minimum absolute atomic E-state index is 0.0253. The van der Waals surface area contributed by atoms with Gasteiger partial charge in [-0.05, 0) is 19.8 Å². The minimum atomic E-state index is -0.0253. The molecule has 2 amide bonds. The zero-order valence-electron chi connectivity index (χ0n) is 12.9. The van der Waals surface area contributed by atoms with Crippen LogP contribution in [0, 0.1) is 6.92 Å². The molecule has 1 aliphatic rings. The Balaban J connectivity index is 1.43. The summed E-state index contributed by atoms with van der Waals surface area (Å²) < 4.78 is 0. The molecular weight excluding hydrogens is 316 g/mol. The Kier molecular flexibility index (Phi) is 5.11. The first-order valence-corrected chi connectivity index (χ1v) is 8.61. The van der Waals surface area contributed by atoms with Gasteiger partial charge in [0.05, 0.1) is 6.20 Å². The Bertz CT molecular complexity index is 628. The predicted molar refractivity (Wildman–Crippen MR) is 85.2 cm³/mol. The molecule has 1 atom stereocenters. The quantitative estimate of drug-likeness (QED) is 0.552. The van der Waals surface area contributed by atoms with E-state index in [1.807, 2.05) is 11.8 Å². The zero-order chi connectivity index (χ0) is 16.1. The number of carbonyl (C=O) groups is 1. The van der Waals surface area contributed by atoms with Crippen LogP contribution in [0.2, 0.25) is 0 Å². The summed E-state index contributed by atoms with van der Waals surface area (Å²) in [5.41, 5.74) is 0. The van der Waals surface area contributed by atoms with Crippen LogP contribution in [0.4, 0.5) is 4.79 Å². The summed E-state index contributed by atoms with van der Waals surface area (Å²) in [5, 5.41) is 21.1. The summed E-state index contributed by atoms with van der Waals surface area (Å²) in [7, 11) is 0. The van der Waals surface area contributed by atoms with Crippen molar-refractivity contribution in [1.82, 2.24) is 40.8 Å². The summed E-state index contributed by atoms with van der Waals surface area (Å²) in [6.45, 7) is 3.93. The van der Waals surface area contributed by atoms with Crippen molar-refractivity contribution in [3.8, 4) is 0 Å². The fraction of sp³-hybridized carbons (Fsp3) is 0.615. The van der Waals surface area contributed by atoms with Crippen LogP contribution in [0.1, 0.15) is 30.4 Å². The number of likely N-dealkylation sites (tertiary alicyclic amines) is 1. The molecule has 3 N–H and O–H groups in total. The second-order valence-electron chi connectivity index (χ2n) is 5.45. The Morgan fingerprint density at radius 2 is 2.43 bits per heavy atom. The molecule has 2 aromatic heterocycles. The van der Waals surface area contributed by atoms with E-state index < -0.39 is 0 Å². The Labute approximate surface area is 138 Å². The number of aryl methyl sites for hydroxylation is 1. The Hall–Kier alpha value is -2.10. The molecule has 0 radical (unpaired) electrons. The Morgan fingerprint density at radius 1 is 1.52 bits per heavy atom. The van der Waals surface area contributed by atoms with Gasteiger partial charge in [-0.25, -0.2) is 9.78 Å². The first kappa shape index (κ1) is 15.8. The van der Waals surface area contributed by atoms with Gasteiger partial charge in [0.2, 0.25) is 0 Å². The minimum Gasteiger partial charge on any atom is -0.337 e. The predicted octanol–water partition coefficient (Wildman–Crippen LogP) is 0.913. The third-order valence-electron chi connectivity index (χ3n) is 3.71. The van der Waals surface area contributed by atoms with Crippen LogP contribution in [0.3, 0.4) is 0 Å². The molecule has 0 saturated carbocycles. The van der Waals surface area contributed by atoms with Crippen LogP contribution in [0.25, 0.3) is 0 Å². The van der Waals surface area contributed by atoms with Crippen molar-refractivity contribution >= 4 is 17.8 Å². The second-order valence-corrected chi connectivity index (χ2v) is 6.57. The number of amides is 2. The van der Waals surface area contributed by atoms with Crippen LogP contribution in [-0.4, -0.2) is 66.9 Å². The third kappa shape index (κ3) is 4.21. The largest absolute Gasteiger partial charge is 0.337 e. The first-order chi connectivity index (χ1) is 11.2. The summed E-state index contributed by atoms with van der Waals surface area (Å²) in [5.74, 6) is 2.59. The van der Waals surface area contributed by atoms with Gasteiger partial charge in [0, 0.05) is 31.3 Å². The molecule has 10 heteroatoms. The molecule has 9 nitrogen and oxygen atoms in total. The van der Waals surface area contributed by atoms with Crippen molar-refractivity contribution < 1.29 is 4.79 Å². The summed E-state index contributed by atoms with van der Waals surface area (Å²) >= 11 is 1.55. The number of piperidine rings is 1. The van der Waals surface area contributed by atoms with Gasteiger partial charge in [0.15, 0.2) is 5.82 Å². The molecule has 0 spiro atoms. The SMILES string of the molecule is Cc1nc([C@H]2CCCN(C(=O)NCCSc3cn[nH]n3)C2)n[nH]1. The lowest BCUT2D eigenvalue weighted by molar-refractivity contribution is 0.179. The fourth-order valence-electron chi connectivity index (χ4n) is 2.60. The number of nitrogens with zero attached hydrogens (tertiary/aromatic N) is 5. The van der Waals surface area contributed by atoms with E-state index in [0.717, 1.165) is 41.8 Å². The average molecular weight is 336 g/mol. The molecule has 1 aliphatic heterocycles. The van der Waals surface area contributed by atoms with Gasteiger partial charge in [-0.2, -0.15) is 15.4 Å². The number of aromatic nitrogens is 6. The van der Waals surface area contributed by atoms with E-state index in [4.69, 9.17) is 0 Å². The maximum absolute atomic E-state index is 12.3. The number of nitrogens with one attached hydrogen (secondary N) is 3. The fourth-order valence-corrected chi connectivity index (χ4v) is 3.25. The number of thioether (sulfide) groups is 1. The van der Waals surface area contributed by atoms with Crippen LogP contribution < -0.4 is 5.32 Å². The maximum atomic E-state index is 12.3. The lowest BCUT2D eigenvalue weighted by atomic mass is 9.98. The highest BCUT2D eigenvalue weighted by atomic mass is 32.2. The van der Waals surface area contributed by atoms with Gasteiger partial charge in [0.25, 0.3) is 0 Å². The standard InChI is InChI=1S/C13H20N8OS/c1-9-16-12(19-17-9)10-3-2-5-21(8-10)13(22)14-4-6-23-11-7-15-20-18-11/h7,10H,2-6,8H2,1H3,(H,14,22)(H,15,18,20)(H,16,17,19)/t10-/m0/s1. The molecule has 2 aromatic rings. The van der Waals surface area contributed by atoms with Gasteiger partial charge in [-0.1, -0.05) is 0 Å². The summed E-state index contributed by atoms with van der Waals surface area (Å²) in [6, 6.07) is -0.0253. The van der Waals surface area contributed by atoms with Crippen molar-refractivity contribution in [1.29, 1.82) is 0 Å². The summed E-state index contributed by atoms with van der Waals surface area (Å²) in [4.78, 5) is 18.5. The molecule has 124 valence electrons. The van der Waals surface area contributed by atoms with Crippen molar-refractivity contribution in [2.45, 2.75) is 30.7 Å². The molecular formula is C13H20N8OS. The van der Waals surface area contributed by atoms with E-state index in [2.05, 4.69) is 35.9 Å². The number of aromatic amines is 2. The zero-order valence-corrected chi connectivity index (χ0v) is 13.8. The number of rotatable bonds is 5. The lowest BCUT2D eigenvalue weighted by Crippen LogP contribution is -2.45. The molecule has 3 heterocycles. The second kappa shape index (κ2) is 7.44. The number of carbonyl (C=O) groups excluding carboxylic acids is 1. The average Bonchev–Trinajstić information content (AvgIpc) is 3.23. The van der Waals surface area contributed by atoms with Gasteiger partial charge < -0.3 is 10.2 Å². The van der Waals surface area contributed by atoms with Crippen molar-refractivity contribution in [3.63, 3.8) is 0 Å². The first-order valence-electron chi connectivity index (χ1n) is 7.62. The normalized spacial score (nSPS) is 18.1. The third-order valence-corrected chi connectivity index (χ3v) is 4.61. The van der Waals surface area contributed by atoms with Crippen molar-refractivity contribution in [2.24, 2.45) is 0 Å². The van der Waals surface area contributed by atoms with E-state index in [0.29, 0.717) is 13.1 Å². The summed E-state index contributed by atoms with van der Waals surface area (Å²) in [6.07, 6.45) is 3.66. The van der Waals surface area contributed by atoms with Gasteiger partial charge in [0.1, 0.15) is 10.9 Å². The molecule has 0 unspecified atom stereocenters. The van der Waals surface area contributed by atoms with Crippen LogP contribution in [-0.2, 0) is 0 Å². The van der Waals surface area contributed by atoms with Gasteiger partial charge in [-0.15, -0.1) is 16.9 Å². The van der Waals surface area contributed by atoms with E-state index in [-0.39, 0.29) is 11.9 Å². The number of hydrogen-bond acceptors (Lipinski definition) is 6. The van der Waals surface area contributed by atoms with Crippen LogP contribution in [0.5, 0.6) is 0 Å². The van der Waals surface area contributed by atoms with Gasteiger partial charge in [-0.3, -0.25) is 5.10 Å². The highest BCUT2D eigenvalue weighted by Crippen LogP contribution is 2.24. The highest BCUT2D eigenvalue weighted by Gasteiger charge is 2.26. The van der Waals surface area contributed by atoms with Crippen molar-refractivity contribution in [3.05, 3.63) is 17.8 Å². The van der Waals surface area contributed by atoms with E-state index >= 15 is 0 Å².